The third-order valence-corrected chi connectivity index (χ3v) is 4.51. The van der Waals surface area contributed by atoms with E-state index in [9.17, 15) is 0 Å². The summed E-state index contributed by atoms with van der Waals surface area (Å²) in [5.41, 5.74) is 3.93. The molecule has 94 valence electrons. The van der Waals surface area contributed by atoms with Crippen molar-refractivity contribution >= 4 is 11.3 Å². The van der Waals surface area contributed by atoms with E-state index in [1.54, 1.807) is 0 Å². The van der Waals surface area contributed by atoms with Gasteiger partial charge in [-0.1, -0.05) is 24.3 Å². The van der Waals surface area contributed by atoms with Gasteiger partial charge in [-0.25, -0.2) is 4.98 Å². The average Bonchev–Trinajstić information content (AvgIpc) is 3.13. The van der Waals surface area contributed by atoms with E-state index in [0.29, 0.717) is 0 Å². The second-order valence-electron chi connectivity index (χ2n) is 4.95. The predicted octanol–water partition coefficient (Wildman–Crippen LogP) is 3.72. The Balaban J connectivity index is 2.02. The molecule has 1 fully saturated rings. The molecule has 0 radical (unpaired) electrons. The molecular weight excluding hydrogens is 240 g/mol. The average molecular weight is 258 g/mol. The van der Waals surface area contributed by atoms with Crippen LogP contribution in [0.15, 0.2) is 24.3 Å². The minimum Gasteiger partial charge on any atom is -0.315 e. The molecule has 1 heterocycles. The van der Waals surface area contributed by atoms with Crippen LogP contribution in [0.2, 0.25) is 0 Å². The maximum atomic E-state index is 4.90. The van der Waals surface area contributed by atoms with Gasteiger partial charge in [0.05, 0.1) is 5.69 Å². The monoisotopic (exact) mass is 258 g/mol. The largest absolute Gasteiger partial charge is 0.315 e. The van der Waals surface area contributed by atoms with Crippen molar-refractivity contribution < 1.29 is 0 Å². The third kappa shape index (κ3) is 2.20. The van der Waals surface area contributed by atoms with Gasteiger partial charge in [0.25, 0.3) is 0 Å². The molecule has 0 spiro atoms. The molecule has 2 aromatic rings. The van der Waals surface area contributed by atoms with Crippen molar-refractivity contribution in [2.75, 3.05) is 7.05 Å². The number of nitrogens with zero attached hydrogens (tertiary/aromatic N) is 1. The topological polar surface area (TPSA) is 24.9 Å². The predicted molar refractivity (Wildman–Crippen MR) is 77.0 cm³/mol. The Kier molecular flexibility index (Phi) is 3.18. The van der Waals surface area contributed by atoms with Gasteiger partial charge in [-0.15, -0.1) is 11.3 Å². The quantitative estimate of drug-likeness (QED) is 0.904. The van der Waals surface area contributed by atoms with Crippen LogP contribution in [0.4, 0.5) is 0 Å². The van der Waals surface area contributed by atoms with E-state index in [0.717, 1.165) is 12.5 Å². The smallest absolute Gasteiger partial charge is 0.124 e. The van der Waals surface area contributed by atoms with Crippen molar-refractivity contribution in [1.82, 2.24) is 10.3 Å². The maximum absolute atomic E-state index is 4.90. The summed E-state index contributed by atoms with van der Waals surface area (Å²) in [7, 11) is 2.00. The number of aryl methyl sites for hydroxylation is 1. The minimum absolute atomic E-state index is 0.724. The molecule has 0 saturated heterocycles. The first-order valence-corrected chi connectivity index (χ1v) is 7.31. The van der Waals surface area contributed by atoms with E-state index in [4.69, 9.17) is 4.98 Å². The standard InChI is InChI=1S/C15H18N2S/c1-10-5-3-4-6-12(10)15-17-14(11-7-8-11)13(18-15)9-16-2/h3-6,11,16H,7-9H2,1-2H3. The molecule has 1 saturated carbocycles. The van der Waals surface area contributed by atoms with E-state index < -0.39 is 0 Å². The zero-order chi connectivity index (χ0) is 12.5. The molecule has 1 N–H and O–H groups in total. The van der Waals surface area contributed by atoms with Gasteiger partial charge in [0.15, 0.2) is 0 Å². The second kappa shape index (κ2) is 4.82. The Morgan fingerprint density at radius 1 is 1.33 bits per heavy atom. The lowest BCUT2D eigenvalue weighted by Crippen LogP contribution is -2.05. The summed E-state index contributed by atoms with van der Waals surface area (Å²) in [6, 6.07) is 8.51. The fraction of sp³-hybridized carbons (Fsp3) is 0.400. The highest BCUT2D eigenvalue weighted by atomic mass is 32.1. The zero-order valence-electron chi connectivity index (χ0n) is 10.9. The van der Waals surface area contributed by atoms with E-state index >= 15 is 0 Å². The van der Waals surface area contributed by atoms with Gasteiger partial charge in [0.2, 0.25) is 0 Å². The van der Waals surface area contributed by atoms with Gasteiger partial charge in [-0.3, -0.25) is 0 Å². The van der Waals surface area contributed by atoms with Crippen LogP contribution in [-0.2, 0) is 6.54 Å². The molecule has 0 unspecified atom stereocenters. The van der Waals surface area contributed by atoms with Crippen LogP contribution in [0.1, 0.15) is 34.9 Å². The molecule has 0 amide bonds. The summed E-state index contributed by atoms with van der Waals surface area (Å²) in [5.74, 6) is 0.724. The molecule has 1 aliphatic carbocycles. The summed E-state index contributed by atoms with van der Waals surface area (Å²) in [5, 5.41) is 4.44. The normalized spacial score (nSPS) is 15.0. The van der Waals surface area contributed by atoms with Crippen LogP contribution in [-0.4, -0.2) is 12.0 Å². The van der Waals surface area contributed by atoms with Crippen LogP contribution in [0, 0.1) is 6.92 Å². The molecule has 18 heavy (non-hydrogen) atoms. The molecule has 3 rings (SSSR count). The van der Waals surface area contributed by atoms with Gasteiger partial charge in [0, 0.05) is 22.9 Å². The van der Waals surface area contributed by atoms with E-state index in [1.165, 1.54) is 39.5 Å². The maximum Gasteiger partial charge on any atom is 0.124 e. The lowest BCUT2D eigenvalue weighted by atomic mass is 10.1. The summed E-state index contributed by atoms with van der Waals surface area (Å²) >= 11 is 1.85. The Morgan fingerprint density at radius 3 is 2.78 bits per heavy atom. The van der Waals surface area contributed by atoms with Crippen LogP contribution >= 0.6 is 11.3 Å². The van der Waals surface area contributed by atoms with Gasteiger partial charge in [-0.2, -0.15) is 0 Å². The highest BCUT2D eigenvalue weighted by molar-refractivity contribution is 7.15. The summed E-state index contributed by atoms with van der Waals surface area (Å²) in [6.45, 7) is 3.10. The molecule has 1 aliphatic rings. The third-order valence-electron chi connectivity index (χ3n) is 3.40. The van der Waals surface area contributed by atoms with Crippen molar-refractivity contribution in [3.63, 3.8) is 0 Å². The van der Waals surface area contributed by atoms with Crippen molar-refractivity contribution in [3.8, 4) is 10.6 Å². The molecule has 3 heteroatoms. The SMILES string of the molecule is CNCc1sc(-c2ccccc2C)nc1C1CC1. The van der Waals surface area contributed by atoms with Crippen molar-refractivity contribution in [3.05, 3.63) is 40.4 Å². The fourth-order valence-electron chi connectivity index (χ4n) is 2.25. The summed E-state index contributed by atoms with van der Waals surface area (Å²) in [6.07, 6.45) is 2.63. The number of hydrogen-bond acceptors (Lipinski definition) is 3. The second-order valence-corrected chi connectivity index (χ2v) is 6.03. The summed E-state index contributed by atoms with van der Waals surface area (Å²) in [4.78, 5) is 6.32. The first-order valence-electron chi connectivity index (χ1n) is 6.50. The number of aromatic nitrogens is 1. The van der Waals surface area contributed by atoms with E-state index in [-0.39, 0.29) is 0 Å². The van der Waals surface area contributed by atoms with E-state index in [1.807, 2.05) is 18.4 Å². The van der Waals surface area contributed by atoms with E-state index in [2.05, 4.69) is 36.5 Å². The van der Waals surface area contributed by atoms with Crippen LogP contribution < -0.4 is 5.32 Å². The van der Waals surface area contributed by atoms with Crippen LogP contribution in [0.3, 0.4) is 0 Å². The molecular formula is C15H18N2S. The molecule has 2 nitrogen and oxygen atoms in total. The molecule has 0 atom stereocenters. The number of thiazole rings is 1. The van der Waals surface area contributed by atoms with Gasteiger partial charge >= 0.3 is 0 Å². The van der Waals surface area contributed by atoms with Crippen molar-refractivity contribution in [2.45, 2.75) is 32.2 Å². The Labute approximate surface area is 112 Å². The number of rotatable bonds is 4. The summed E-state index contributed by atoms with van der Waals surface area (Å²) < 4.78 is 0. The number of hydrogen-bond donors (Lipinski definition) is 1. The molecule has 0 bridgehead atoms. The molecule has 0 aliphatic heterocycles. The Bertz CT molecular complexity index is 555. The number of nitrogens with one attached hydrogen (secondary N) is 1. The highest BCUT2D eigenvalue weighted by Gasteiger charge is 2.29. The fourth-order valence-corrected chi connectivity index (χ4v) is 3.50. The Morgan fingerprint density at radius 2 is 2.11 bits per heavy atom. The zero-order valence-corrected chi connectivity index (χ0v) is 11.7. The van der Waals surface area contributed by atoms with Crippen molar-refractivity contribution in [1.29, 1.82) is 0 Å². The number of benzene rings is 1. The molecule has 1 aromatic carbocycles. The Hall–Kier alpha value is -1.19. The van der Waals surface area contributed by atoms with Gasteiger partial charge in [-0.05, 0) is 32.4 Å². The van der Waals surface area contributed by atoms with Gasteiger partial charge in [0.1, 0.15) is 5.01 Å². The van der Waals surface area contributed by atoms with Crippen LogP contribution in [0.25, 0.3) is 10.6 Å². The highest BCUT2D eigenvalue weighted by Crippen LogP contribution is 2.44. The van der Waals surface area contributed by atoms with Gasteiger partial charge < -0.3 is 5.32 Å². The van der Waals surface area contributed by atoms with Crippen molar-refractivity contribution in [2.24, 2.45) is 0 Å². The first-order chi connectivity index (χ1) is 8.79. The molecule has 1 aromatic heterocycles. The lowest BCUT2D eigenvalue weighted by molar-refractivity contribution is 0.813. The minimum atomic E-state index is 0.724. The van der Waals surface area contributed by atoms with Crippen LogP contribution in [0.5, 0.6) is 0 Å². The lowest BCUT2D eigenvalue weighted by Gasteiger charge is -2.00. The first kappa shape index (κ1) is 11.9.